The normalized spacial score (nSPS) is 13.9. The van der Waals surface area contributed by atoms with Gasteiger partial charge in [0.2, 0.25) is 0 Å². The van der Waals surface area contributed by atoms with Crippen LogP contribution in [0.4, 0.5) is 0 Å². The van der Waals surface area contributed by atoms with Gasteiger partial charge in [-0.05, 0) is 48.2 Å². The highest BCUT2D eigenvalue weighted by Crippen LogP contribution is 2.37. The van der Waals surface area contributed by atoms with Gasteiger partial charge < -0.3 is 14.6 Å². The van der Waals surface area contributed by atoms with Crippen molar-refractivity contribution in [1.29, 1.82) is 0 Å². The van der Waals surface area contributed by atoms with Gasteiger partial charge in [0.25, 0.3) is 5.91 Å². The predicted octanol–water partition coefficient (Wildman–Crippen LogP) is 4.56. The summed E-state index contributed by atoms with van der Waals surface area (Å²) in [6, 6.07) is 19.3. The summed E-state index contributed by atoms with van der Waals surface area (Å²) in [5, 5.41) is 2.51. The molecule has 3 aromatic carbocycles. The molecule has 0 spiro atoms. The van der Waals surface area contributed by atoms with E-state index in [4.69, 9.17) is 4.74 Å². The summed E-state index contributed by atoms with van der Waals surface area (Å²) in [5.74, 6) is -0.497. The third-order valence-corrected chi connectivity index (χ3v) is 8.62. The highest BCUT2D eigenvalue weighted by Gasteiger charge is 2.30. The number of imidazole rings is 1. The molecule has 0 saturated heterocycles. The Morgan fingerprint density at radius 2 is 1.82 bits per heavy atom. The molecule has 1 aliphatic rings. The van der Waals surface area contributed by atoms with Crippen molar-refractivity contribution >= 4 is 21.5 Å². The summed E-state index contributed by atoms with van der Waals surface area (Å²) in [5.41, 5.74) is 2.67. The average molecular weight is 544 g/mol. The third-order valence-electron chi connectivity index (χ3n) is 6.92. The molecule has 1 atom stereocenters. The molecule has 200 valence electrons. The number of rotatable bonds is 9. The van der Waals surface area contributed by atoms with Crippen LogP contribution in [0.5, 0.6) is 5.75 Å². The van der Waals surface area contributed by atoms with Gasteiger partial charge in [0.15, 0.2) is 15.6 Å². The standard InChI is InChI=1S/C30H29N3O5S/c1-31-30(35)24-10-5-6-13-29(24)39(36,37)19-25-22-11-7-12-26(34)23(22)14-15-27(25)38-28(18-33-17-16-32-20-33)21-8-3-2-4-9-21/h2-6,8-10,13-17,20,28H,7,11-12,18-19H2,1H3,(H,31,35). The molecule has 0 bridgehead atoms. The van der Waals surface area contributed by atoms with Crippen LogP contribution < -0.4 is 10.1 Å². The lowest BCUT2D eigenvalue weighted by Gasteiger charge is -2.26. The fourth-order valence-corrected chi connectivity index (χ4v) is 6.63. The summed E-state index contributed by atoms with van der Waals surface area (Å²) < 4.78 is 36.2. The van der Waals surface area contributed by atoms with E-state index in [9.17, 15) is 18.0 Å². The van der Waals surface area contributed by atoms with Crippen LogP contribution in [0.25, 0.3) is 0 Å². The fraction of sp³-hybridized carbons (Fsp3) is 0.233. The number of aromatic nitrogens is 2. The molecule has 4 aromatic rings. The van der Waals surface area contributed by atoms with Crippen molar-refractivity contribution < 1.29 is 22.7 Å². The first-order chi connectivity index (χ1) is 18.9. The SMILES string of the molecule is CNC(=O)c1ccccc1S(=O)(=O)Cc1c(OC(Cn2ccnc2)c2ccccc2)ccc2c1CCCC2=O. The van der Waals surface area contributed by atoms with Crippen LogP contribution in [0.1, 0.15) is 56.4 Å². The van der Waals surface area contributed by atoms with Crippen molar-refractivity contribution in [3.05, 3.63) is 113 Å². The summed E-state index contributed by atoms with van der Waals surface area (Å²) in [6.07, 6.45) is 6.40. The maximum Gasteiger partial charge on any atom is 0.252 e. The summed E-state index contributed by atoms with van der Waals surface area (Å²) >= 11 is 0. The van der Waals surface area contributed by atoms with E-state index in [-0.39, 0.29) is 16.2 Å². The minimum atomic E-state index is -3.99. The number of benzene rings is 3. The number of sulfone groups is 1. The number of hydrogen-bond acceptors (Lipinski definition) is 6. The maximum atomic E-state index is 13.8. The van der Waals surface area contributed by atoms with E-state index in [0.717, 1.165) is 5.56 Å². The van der Waals surface area contributed by atoms with Crippen LogP contribution in [0.2, 0.25) is 0 Å². The third kappa shape index (κ3) is 5.63. The Kier molecular flexibility index (Phi) is 7.60. The van der Waals surface area contributed by atoms with Crippen molar-refractivity contribution in [2.75, 3.05) is 7.05 Å². The molecule has 39 heavy (non-hydrogen) atoms. The van der Waals surface area contributed by atoms with Crippen molar-refractivity contribution in [2.45, 2.75) is 42.6 Å². The lowest BCUT2D eigenvalue weighted by molar-refractivity contribution is 0.0956. The number of ketones is 1. The molecule has 1 unspecified atom stereocenters. The zero-order chi connectivity index (χ0) is 27.4. The molecule has 9 heteroatoms. The van der Waals surface area contributed by atoms with Gasteiger partial charge in [0.1, 0.15) is 11.9 Å². The molecular formula is C30H29N3O5S. The van der Waals surface area contributed by atoms with Crippen molar-refractivity contribution in [2.24, 2.45) is 0 Å². The lowest BCUT2D eigenvalue weighted by atomic mass is 9.87. The molecule has 1 N–H and O–H groups in total. The minimum absolute atomic E-state index is 0.00904. The van der Waals surface area contributed by atoms with Gasteiger partial charge in [-0.25, -0.2) is 13.4 Å². The van der Waals surface area contributed by atoms with E-state index in [2.05, 4.69) is 10.3 Å². The summed E-state index contributed by atoms with van der Waals surface area (Å²) in [6.45, 7) is 0.450. The van der Waals surface area contributed by atoms with Crippen LogP contribution in [0.15, 0.2) is 90.3 Å². The number of carbonyl (C=O) groups is 2. The van der Waals surface area contributed by atoms with Crippen LogP contribution in [0, 0.1) is 0 Å². The second-order valence-corrected chi connectivity index (χ2v) is 11.4. The van der Waals surface area contributed by atoms with Gasteiger partial charge in [-0.15, -0.1) is 0 Å². The number of Topliss-reactive ketones (excluding diaryl/α,β-unsaturated/α-hetero) is 1. The van der Waals surface area contributed by atoms with Crippen molar-refractivity contribution in [3.63, 3.8) is 0 Å². The largest absolute Gasteiger partial charge is 0.484 e. The summed E-state index contributed by atoms with van der Waals surface area (Å²) in [7, 11) is -2.53. The topological polar surface area (TPSA) is 107 Å². The van der Waals surface area contributed by atoms with E-state index in [1.54, 1.807) is 36.8 Å². The second-order valence-electron chi connectivity index (χ2n) is 9.46. The Morgan fingerprint density at radius 3 is 2.56 bits per heavy atom. The molecule has 1 amide bonds. The molecule has 1 heterocycles. The van der Waals surface area contributed by atoms with Gasteiger partial charge in [0.05, 0.1) is 29.1 Å². The molecule has 5 rings (SSSR count). The van der Waals surface area contributed by atoms with E-state index in [1.165, 1.54) is 19.2 Å². The van der Waals surface area contributed by atoms with Crippen LogP contribution in [0.3, 0.4) is 0 Å². The fourth-order valence-electron chi connectivity index (χ4n) is 4.99. The molecule has 0 radical (unpaired) electrons. The summed E-state index contributed by atoms with van der Waals surface area (Å²) in [4.78, 5) is 29.3. The number of fused-ring (bicyclic) bond motifs is 1. The van der Waals surface area contributed by atoms with Crippen LogP contribution >= 0.6 is 0 Å². The molecule has 1 aliphatic carbocycles. The highest BCUT2D eigenvalue weighted by molar-refractivity contribution is 7.90. The number of nitrogens with one attached hydrogen (secondary N) is 1. The molecule has 0 fully saturated rings. The van der Waals surface area contributed by atoms with Crippen molar-refractivity contribution in [3.8, 4) is 5.75 Å². The first-order valence-corrected chi connectivity index (χ1v) is 14.4. The Labute approximate surface area is 227 Å². The number of amides is 1. The van der Waals surface area contributed by atoms with E-state index >= 15 is 0 Å². The highest BCUT2D eigenvalue weighted by atomic mass is 32.2. The number of carbonyl (C=O) groups excluding carboxylic acids is 2. The van der Waals surface area contributed by atoms with E-state index in [1.807, 2.05) is 41.1 Å². The Hall–Kier alpha value is -4.24. The quantitative estimate of drug-likeness (QED) is 0.332. The molecular weight excluding hydrogens is 514 g/mol. The van der Waals surface area contributed by atoms with Gasteiger partial charge >= 0.3 is 0 Å². The number of nitrogens with zero attached hydrogens (tertiary/aromatic N) is 2. The maximum absolute atomic E-state index is 13.8. The van der Waals surface area contributed by atoms with Crippen molar-refractivity contribution in [1.82, 2.24) is 14.9 Å². The zero-order valence-electron chi connectivity index (χ0n) is 21.5. The van der Waals surface area contributed by atoms with Crippen LogP contribution in [-0.2, 0) is 28.6 Å². The predicted molar refractivity (Wildman–Crippen MR) is 146 cm³/mol. The lowest BCUT2D eigenvalue weighted by Crippen LogP contribution is -2.22. The average Bonchev–Trinajstić information content (AvgIpc) is 3.47. The molecule has 1 aromatic heterocycles. The van der Waals surface area contributed by atoms with Crippen LogP contribution in [-0.4, -0.2) is 36.7 Å². The molecule has 0 aliphatic heterocycles. The number of hydrogen-bond donors (Lipinski definition) is 1. The smallest absolute Gasteiger partial charge is 0.252 e. The van der Waals surface area contributed by atoms with Gasteiger partial charge in [-0.1, -0.05) is 42.5 Å². The van der Waals surface area contributed by atoms with E-state index < -0.39 is 27.6 Å². The van der Waals surface area contributed by atoms with Gasteiger partial charge in [-0.2, -0.15) is 0 Å². The first-order valence-electron chi connectivity index (χ1n) is 12.8. The molecule has 0 saturated carbocycles. The van der Waals surface area contributed by atoms with Gasteiger partial charge in [-0.3, -0.25) is 9.59 Å². The Morgan fingerprint density at radius 1 is 1.05 bits per heavy atom. The van der Waals surface area contributed by atoms with Gasteiger partial charge in [0, 0.05) is 37.0 Å². The first kappa shape index (κ1) is 26.4. The second kappa shape index (κ2) is 11.2. The molecule has 8 nitrogen and oxygen atoms in total. The zero-order valence-corrected chi connectivity index (χ0v) is 22.4. The number of ether oxygens (including phenoxy) is 1. The monoisotopic (exact) mass is 543 g/mol. The van der Waals surface area contributed by atoms with E-state index in [0.29, 0.717) is 48.2 Å². The minimum Gasteiger partial charge on any atom is -0.484 e. The Bertz CT molecular complexity index is 1600. The Balaban J connectivity index is 1.60.